The van der Waals surface area contributed by atoms with Gasteiger partial charge in [-0.3, -0.25) is 19.2 Å². The number of esters is 2. The van der Waals surface area contributed by atoms with Crippen LogP contribution in [-0.2, 0) is 31.9 Å². The molecule has 1 fully saturated rings. The highest BCUT2D eigenvalue weighted by Crippen LogP contribution is 2.38. The fourth-order valence-electron chi connectivity index (χ4n) is 6.73. The van der Waals surface area contributed by atoms with Crippen molar-refractivity contribution in [3.63, 3.8) is 0 Å². The number of fused-ring (bicyclic) bond motifs is 1. The van der Waals surface area contributed by atoms with E-state index in [1.807, 2.05) is 35.0 Å². The number of hydrogen-bond donors (Lipinski definition) is 1. The summed E-state index contributed by atoms with van der Waals surface area (Å²) in [6.07, 6.45) is 3.30. The highest BCUT2D eigenvalue weighted by molar-refractivity contribution is 6.00. The Bertz CT molecular complexity index is 1460. The number of ether oxygens (including phenoxy) is 2. The van der Waals surface area contributed by atoms with Gasteiger partial charge in [0, 0.05) is 19.4 Å². The molecule has 0 radical (unpaired) electrons. The predicted octanol–water partition coefficient (Wildman–Crippen LogP) is 1.25. The van der Waals surface area contributed by atoms with Gasteiger partial charge in [0.2, 0.25) is 0 Å². The third-order valence-corrected chi connectivity index (χ3v) is 8.45. The minimum Gasteiger partial charge on any atom is -1.00 e. The maximum atomic E-state index is 15.5. The molecule has 2 N–H and O–H groups in total. The maximum Gasteiger partial charge on any atom is 0.310 e. The molecule has 10 nitrogen and oxygen atoms in total. The Morgan fingerprint density at radius 1 is 1.13 bits per heavy atom. The number of halogens is 2. The molecule has 0 aliphatic heterocycles. The van der Waals surface area contributed by atoms with Crippen molar-refractivity contribution in [2.45, 2.75) is 91.3 Å². The Morgan fingerprint density at radius 3 is 2.36 bits per heavy atom. The Hall–Kier alpha value is -3.31. The first kappa shape index (κ1) is 36.2. The lowest BCUT2D eigenvalue weighted by Gasteiger charge is -2.31. The number of Topliss-reactive ketones (excluding diaryl/α,β-unsaturated/α-hetero) is 1. The van der Waals surface area contributed by atoms with Gasteiger partial charge >= 0.3 is 11.9 Å². The van der Waals surface area contributed by atoms with E-state index in [0.717, 1.165) is 5.69 Å². The number of quaternary nitrogens is 1. The van der Waals surface area contributed by atoms with Crippen molar-refractivity contribution in [1.29, 1.82) is 0 Å². The van der Waals surface area contributed by atoms with E-state index >= 15 is 4.39 Å². The van der Waals surface area contributed by atoms with Gasteiger partial charge in [-0.2, -0.15) is 5.10 Å². The molecule has 0 bridgehead atoms. The third kappa shape index (κ3) is 9.13. The van der Waals surface area contributed by atoms with Gasteiger partial charge in [-0.1, -0.05) is 13.8 Å². The van der Waals surface area contributed by atoms with Crippen molar-refractivity contribution in [2.75, 3.05) is 27.7 Å². The number of carbonyl (C=O) groups is 4. The van der Waals surface area contributed by atoms with Crippen molar-refractivity contribution >= 4 is 23.6 Å². The molecule has 4 rings (SSSR count). The fraction of sp³-hybridized carbons (Fsp3) is 0.606. The van der Waals surface area contributed by atoms with E-state index in [4.69, 9.17) is 15.2 Å². The second-order valence-corrected chi connectivity index (χ2v) is 14.3. The van der Waals surface area contributed by atoms with Crippen LogP contribution in [-0.4, -0.2) is 77.8 Å². The van der Waals surface area contributed by atoms with Crippen LogP contribution in [0.5, 0.6) is 0 Å². The molecule has 12 heteroatoms. The molecule has 1 heterocycles. The number of rotatable bonds is 10. The number of likely N-dealkylation sites (N-methyl/N-ethyl adjacent to an activating group) is 1. The van der Waals surface area contributed by atoms with Crippen molar-refractivity contribution in [2.24, 2.45) is 17.1 Å². The number of amides is 1. The first-order valence-corrected chi connectivity index (χ1v) is 15.3. The van der Waals surface area contributed by atoms with Gasteiger partial charge in [0.05, 0.1) is 55.8 Å². The van der Waals surface area contributed by atoms with Gasteiger partial charge in [0.25, 0.3) is 5.91 Å². The van der Waals surface area contributed by atoms with E-state index in [9.17, 15) is 19.2 Å². The Labute approximate surface area is 270 Å². The summed E-state index contributed by atoms with van der Waals surface area (Å²) in [6, 6.07) is 3.03. The molecule has 2 aliphatic rings. The number of nitrogens with two attached hydrogens (primary N) is 1. The van der Waals surface area contributed by atoms with Gasteiger partial charge in [0.15, 0.2) is 11.9 Å². The normalized spacial score (nSPS) is 20.0. The number of aryl methyl sites for hydroxylation is 1. The van der Waals surface area contributed by atoms with E-state index < -0.39 is 29.8 Å². The van der Waals surface area contributed by atoms with E-state index in [1.54, 1.807) is 17.7 Å². The van der Waals surface area contributed by atoms with Crippen LogP contribution in [0.1, 0.15) is 97.0 Å². The molecule has 0 spiro atoms. The molecule has 2 aliphatic carbocycles. The van der Waals surface area contributed by atoms with E-state index in [1.165, 1.54) is 13.0 Å². The number of nitrogens with zero attached hydrogens (tertiary/aromatic N) is 3. The van der Waals surface area contributed by atoms with Crippen LogP contribution < -0.4 is 18.1 Å². The quantitative estimate of drug-likeness (QED) is 0.303. The smallest absolute Gasteiger partial charge is 0.310 e. The van der Waals surface area contributed by atoms with Crippen molar-refractivity contribution in [3.05, 3.63) is 46.0 Å². The number of hydrogen-bond acceptors (Lipinski definition) is 7. The molecule has 0 saturated heterocycles. The number of benzene rings is 1. The summed E-state index contributed by atoms with van der Waals surface area (Å²) in [7, 11) is 5.87. The predicted molar refractivity (Wildman–Crippen MR) is 162 cm³/mol. The second kappa shape index (κ2) is 14.0. The Kier molecular flexibility index (Phi) is 11.2. The summed E-state index contributed by atoms with van der Waals surface area (Å²) in [5.41, 5.74) is 8.14. The molecule has 1 amide bonds. The summed E-state index contributed by atoms with van der Waals surface area (Å²) in [5, 5.41) is 4.61. The zero-order valence-corrected chi connectivity index (χ0v) is 28.1. The Balaban J connectivity index is 0.00000552. The molecule has 1 unspecified atom stereocenters. The van der Waals surface area contributed by atoms with Crippen LogP contribution >= 0.6 is 0 Å². The molecule has 45 heavy (non-hydrogen) atoms. The molecule has 1 saturated carbocycles. The van der Waals surface area contributed by atoms with E-state index in [0.29, 0.717) is 78.5 Å². The zero-order chi connectivity index (χ0) is 32.6. The maximum absolute atomic E-state index is 15.5. The first-order valence-electron chi connectivity index (χ1n) is 15.3. The topological polar surface area (TPSA) is 131 Å². The van der Waals surface area contributed by atoms with Crippen molar-refractivity contribution in [1.82, 2.24) is 9.78 Å². The second-order valence-electron chi connectivity index (χ2n) is 14.3. The lowest BCUT2D eigenvalue weighted by Crippen LogP contribution is -3.00. The number of primary amides is 1. The molecular formula is C33H46ClFN4O6. The van der Waals surface area contributed by atoms with Gasteiger partial charge in [-0.05, 0) is 68.4 Å². The van der Waals surface area contributed by atoms with Gasteiger partial charge < -0.3 is 32.1 Å². The standard InChI is InChI=1S/C33H45FN4O6.ClH/c1-19-30-27(16-33(3,4)17-28(30)40)37(36-19)23-13-22(31(32(35)42)26(34)14-23)12-21-8-10-24(11-9-21)44-29(41)15-25(43-20(2)39)18-38(5,6)7;/h13-14,21,24-25H,8-12,15-18H2,1-7H3,(H-,35,42);1H. The zero-order valence-electron chi connectivity index (χ0n) is 27.4. The van der Waals surface area contributed by atoms with Crippen LogP contribution in [0.25, 0.3) is 5.69 Å². The lowest BCUT2D eigenvalue weighted by molar-refractivity contribution is -0.873. The number of ketones is 1. The lowest BCUT2D eigenvalue weighted by atomic mass is 9.75. The number of aromatic nitrogens is 2. The van der Waals surface area contributed by atoms with Crippen molar-refractivity contribution < 1.29 is 49.9 Å². The molecule has 1 aromatic carbocycles. The average Bonchev–Trinajstić information content (AvgIpc) is 3.18. The highest BCUT2D eigenvalue weighted by atomic mass is 35.5. The highest BCUT2D eigenvalue weighted by Gasteiger charge is 2.36. The molecule has 1 atom stereocenters. The van der Waals surface area contributed by atoms with Gasteiger partial charge in [-0.15, -0.1) is 0 Å². The molecular weight excluding hydrogens is 603 g/mol. The summed E-state index contributed by atoms with van der Waals surface area (Å²) in [6.45, 7) is 7.64. The van der Waals surface area contributed by atoms with Gasteiger partial charge in [0.1, 0.15) is 18.5 Å². The van der Waals surface area contributed by atoms with Crippen LogP contribution in [0.2, 0.25) is 0 Å². The summed E-state index contributed by atoms with van der Waals surface area (Å²) in [5.74, 6) is -2.24. The largest absolute Gasteiger partial charge is 1.00 e. The van der Waals surface area contributed by atoms with Crippen LogP contribution in [0.4, 0.5) is 4.39 Å². The van der Waals surface area contributed by atoms with E-state index in [-0.39, 0.29) is 47.6 Å². The summed E-state index contributed by atoms with van der Waals surface area (Å²) in [4.78, 5) is 49.5. The fourth-order valence-corrected chi connectivity index (χ4v) is 6.73. The SMILES string of the molecule is CC(=O)OC(CC(=O)OC1CCC(Cc2cc(-n3nc(C)c4c3CC(C)(C)CC4=O)cc(F)c2C(N)=O)CC1)C[N+](C)(C)C.[Cl-]. The summed E-state index contributed by atoms with van der Waals surface area (Å²) >= 11 is 0. The van der Waals surface area contributed by atoms with Gasteiger partial charge in [-0.25, -0.2) is 9.07 Å². The molecule has 1 aromatic heterocycles. The van der Waals surface area contributed by atoms with E-state index in [2.05, 4.69) is 5.10 Å². The number of carbonyl (C=O) groups excluding carboxylic acids is 4. The minimum absolute atomic E-state index is 0. The van der Waals surface area contributed by atoms with Crippen LogP contribution in [0.15, 0.2) is 12.1 Å². The van der Waals surface area contributed by atoms with Crippen molar-refractivity contribution in [3.8, 4) is 5.69 Å². The monoisotopic (exact) mass is 648 g/mol. The average molecular weight is 649 g/mol. The van der Waals surface area contributed by atoms with Crippen LogP contribution in [0.3, 0.4) is 0 Å². The molecule has 2 aromatic rings. The summed E-state index contributed by atoms with van der Waals surface area (Å²) < 4.78 is 28.7. The third-order valence-electron chi connectivity index (χ3n) is 8.45. The van der Waals surface area contributed by atoms with Crippen LogP contribution in [0, 0.1) is 24.1 Å². The Morgan fingerprint density at radius 2 is 1.78 bits per heavy atom. The molecule has 248 valence electrons. The first-order chi connectivity index (χ1) is 20.4. The minimum atomic E-state index is -0.835.